The zero-order chi connectivity index (χ0) is 17.7. The molecule has 0 saturated carbocycles. The normalized spacial score (nSPS) is 12.0. The highest BCUT2D eigenvalue weighted by molar-refractivity contribution is 5.79. The predicted molar refractivity (Wildman–Crippen MR) is 87.8 cm³/mol. The number of hydrogen-bond donors (Lipinski definition) is 2. The lowest BCUT2D eigenvalue weighted by molar-refractivity contribution is 0.0668. The minimum atomic E-state index is -2.61. The Kier molecular flexibility index (Phi) is 5.88. The number of imidazole rings is 1. The summed E-state index contributed by atoms with van der Waals surface area (Å²) in [6, 6.07) is 0. The lowest BCUT2D eigenvalue weighted by Gasteiger charge is -2.12. The number of hydrogen-bond acceptors (Lipinski definition) is 3. The minimum Gasteiger partial charge on any atom is -0.357 e. The Balaban J connectivity index is 2.07. The number of aromatic nitrogens is 4. The zero-order valence-corrected chi connectivity index (χ0v) is 14.3. The Morgan fingerprint density at radius 1 is 1.33 bits per heavy atom. The third-order valence-electron chi connectivity index (χ3n) is 3.77. The first kappa shape index (κ1) is 17.9. The van der Waals surface area contributed by atoms with Gasteiger partial charge in [-0.15, -0.1) is 0 Å². The van der Waals surface area contributed by atoms with Crippen molar-refractivity contribution in [3.63, 3.8) is 0 Å². The van der Waals surface area contributed by atoms with Crippen molar-refractivity contribution in [1.29, 1.82) is 0 Å². The fourth-order valence-corrected chi connectivity index (χ4v) is 2.37. The summed E-state index contributed by atoms with van der Waals surface area (Å²) in [5, 5.41) is 10.5. The second kappa shape index (κ2) is 7.89. The van der Waals surface area contributed by atoms with Crippen LogP contribution in [0.2, 0.25) is 0 Å². The second-order valence-corrected chi connectivity index (χ2v) is 5.35. The molecule has 0 amide bonds. The molecule has 0 bridgehead atoms. The van der Waals surface area contributed by atoms with Gasteiger partial charge in [-0.25, -0.2) is 9.98 Å². The molecular formula is C15H23F2N7. The van der Waals surface area contributed by atoms with E-state index < -0.39 is 6.55 Å². The molecule has 132 valence electrons. The van der Waals surface area contributed by atoms with Crippen LogP contribution in [-0.4, -0.2) is 31.8 Å². The van der Waals surface area contributed by atoms with Gasteiger partial charge in [0.25, 0.3) is 0 Å². The molecule has 24 heavy (non-hydrogen) atoms. The van der Waals surface area contributed by atoms with Crippen molar-refractivity contribution in [2.24, 2.45) is 12.0 Å². The maximum Gasteiger partial charge on any atom is 0.319 e. The van der Waals surface area contributed by atoms with E-state index in [0.717, 1.165) is 21.5 Å². The van der Waals surface area contributed by atoms with E-state index >= 15 is 0 Å². The van der Waals surface area contributed by atoms with Gasteiger partial charge in [0.1, 0.15) is 5.82 Å². The summed E-state index contributed by atoms with van der Waals surface area (Å²) in [4.78, 5) is 8.45. The van der Waals surface area contributed by atoms with E-state index in [2.05, 4.69) is 25.7 Å². The van der Waals surface area contributed by atoms with E-state index in [4.69, 9.17) is 0 Å². The molecule has 0 fully saturated rings. The van der Waals surface area contributed by atoms with Crippen LogP contribution in [0.15, 0.2) is 17.4 Å². The van der Waals surface area contributed by atoms with Crippen LogP contribution < -0.4 is 10.6 Å². The van der Waals surface area contributed by atoms with Gasteiger partial charge in [0.05, 0.1) is 18.8 Å². The third-order valence-corrected chi connectivity index (χ3v) is 3.77. The summed E-state index contributed by atoms with van der Waals surface area (Å²) < 4.78 is 28.3. The molecule has 0 aliphatic carbocycles. The van der Waals surface area contributed by atoms with Crippen molar-refractivity contribution in [1.82, 2.24) is 30.0 Å². The molecule has 0 aliphatic heterocycles. The van der Waals surface area contributed by atoms with Gasteiger partial charge in [-0.05, 0) is 20.8 Å². The Bertz CT molecular complexity index is 703. The Morgan fingerprint density at radius 2 is 2.08 bits per heavy atom. The maximum atomic E-state index is 12.8. The monoisotopic (exact) mass is 339 g/mol. The lowest BCUT2D eigenvalue weighted by atomic mass is 10.2. The Labute approximate surface area is 139 Å². The zero-order valence-electron chi connectivity index (χ0n) is 14.3. The molecule has 0 atom stereocenters. The molecule has 0 aromatic carbocycles. The number of aliphatic imine (C=N–C) groups is 1. The Morgan fingerprint density at radius 3 is 2.67 bits per heavy atom. The first-order chi connectivity index (χ1) is 11.4. The number of halogens is 2. The number of aryl methyl sites for hydroxylation is 2. The second-order valence-electron chi connectivity index (χ2n) is 5.35. The molecule has 9 heteroatoms. The molecule has 0 spiro atoms. The number of guanidine groups is 1. The van der Waals surface area contributed by atoms with E-state index in [1.807, 2.05) is 32.5 Å². The summed E-state index contributed by atoms with van der Waals surface area (Å²) in [7, 11) is 1.89. The van der Waals surface area contributed by atoms with Crippen LogP contribution in [0.5, 0.6) is 0 Å². The van der Waals surface area contributed by atoms with Gasteiger partial charge < -0.3 is 10.6 Å². The summed E-state index contributed by atoms with van der Waals surface area (Å²) in [5.74, 6) is 0.799. The average Bonchev–Trinajstić information content (AvgIpc) is 3.09. The summed E-state index contributed by atoms with van der Waals surface area (Å²) >= 11 is 0. The molecule has 7 nitrogen and oxygen atoms in total. The summed E-state index contributed by atoms with van der Waals surface area (Å²) in [6.45, 7) is 4.56. The highest BCUT2D eigenvalue weighted by Gasteiger charge is 2.12. The van der Waals surface area contributed by atoms with Crippen LogP contribution in [0.4, 0.5) is 8.78 Å². The molecule has 2 rings (SSSR count). The molecule has 2 aromatic rings. The molecule has 2 N–H and O–H groups in total. The van der Waals surface area contributed by atoms with E-state index in [-0.39, 0.29) is 12.4 Å². The summed E-state index contributed by atoms with van der Waals surface area (Å²) in [5.41, 5.74) is 3.05. The average molecular weight is 339 g/mol. The topological polar surface area (TPSA) is 72.1 Å². The lowest BCUT2D eigenvalue weighted by Crippen LogP contribution is -2.37. The summed E-state index contributed by atoms with van der Waals surface area (Å²) in [6.07, 6.45) is 2.61. The fourth-order valence-electron chi connectivity index (χ4n) is 2.37. The van der Waals surface area contributed by atoms with E-state index in [0.29, 0.717) is 19.0 Å². The molecule has 0 aliphatic rings. The van der Waals surface area contributed by atoms with Crippen molar-refractivity contribution < 1.29 is 8.78 Å². The molecule has 2 aromatic heterocycles. The van der Waals surface area contributed by atoms with Gasteiger partial charge in [-0.3, -0.25) is 9.25 Å². The number of nitrogens with zero attached hydrogens (tertiary/aromatic N) is 5. The van der Waals surface area contributed by atoms with Crippen molar-refractivity contribution in [3.05, 3.63) is 35.2 Å². The highest BCUT2D eigenvalue weighted by Crippen LogP contribution is 2.13. The minimum absolute atomic E-state index is 0.161. The standard InChI is InChI=1S/C15H23F2N7/c1-5-18-15(20-8-12-10(2)22-23(4)11(12)3)21-9-13-19-6-7-24(13)14(16)17/h6-7,14H,5,8-9H2,1-4H3,(H2,18,20,21). The van der Waals surface area contributed by atoms with Crippen molar-refractivity contribution in [3.8, 4) is 0 Å². The van der Waals surface area contributed by atoms with Crippen LogP contribution >= 0.6 is 0 Å². The number of rotatable bonds is 6. The SMILES string of the molecule is CCNC(=NCc1c(C)nn(C)c1C)NCc1nccn1C(F)F. The predicted octanol–water partition coefficient (Wildman–Crippen LogP) is 1.88. The molecular weight excluding hydrogens is 316 g/mol. The van der Waals surface area contributed by atoms with E-state index in [1.54, 1.807) is 0 Å². The molecule has 0 saturated heterocycles. The van der Waals surface area contributed by atoms with Gasteiger partial charge in [0.15, 0.2) is 5.96 Å². The van der Waals surface area contributed by atoms with Crippen LogP contribution in [0.1, 0.15) is 36.2 Å². The van der Waals surface area contributed by atoms with Crippen LogP contribution in [0, 0.1) is 13.8 Å². The van der Waals surface area contributed by atoms with Crippen molar-refractivity contribution in [2.45, 2.75) is 40.4 Å². The van der Waals surface area contributed by atoms with Gasteiger partial charge in [0.2, 0.25) is 0 Å². The molecule has 0 unspecified atom stereocenters. The molecule has 2 heterocycles. The Hall–Kier alpha value is -2.45. The van der Waals surface area contributed by atoms with Gasteiger partial charge in [-0.1, -0.05) is 0 Å². The quantitative estimate of drug-likeness (QED) is 0.623. The first-order valence-electron chi connectivity index (χ1n) is 7.75. The van der Waals surface area contributed by atoms with Gasteiger partial charge in [0, 0.05) is 37.2 Å². The van der Waals surface area contributed by atoms with E-state index in [1.165, 1.54) is 12.4 Å². The number of alkyl halides is 2. The van der Waals surface area contributed by atoms with Crippen LogP contribution in [-0.2, 0) is 20.1 Å². The first-order valence-corrected chi connectivity index (χ1v) is 7.75. The van der Waals surface area contributed by atoms with Crippen LogP contribution in [0.3, 0.4) is 0 Å². The van der Waals surface area contributed by atoms with Crippen LogP contribution in [0.25, 0.3) is 0 Å². The fraction of sp³-hybridized carbons (Fsp3) is 0.533. The smallest absolute Gasteiger partial charge is 0.319 e. The van der Waals surface area contributed by atoms with E-state index in [9.17, 15) is 8.78 Å². The largest absolute Gasteiger partial charge is 0.357 e. The van der Waals surface area contributed by atoms with Crippen molar-refractivity contribution in [2.75, 3.05) is 6.54 Å². The molecule has 0 radical (unpaired) electrons. The van der Waals surface area contributed by atoms with Gasteiger partial charge >= 0.3 is 6.55 Å². The third kappa shape index (κ3) is 4.09. The number of nitrogens with one attached hydrogen (secondary N) is 2. The maximum absolute atomic E-state index is 12.8. The van der Waals surface area contributed by atoms with Crippen molar-refractivity contribution >= 4 is 5.96 Å². The van der Waals surface area contributed by atoms with Gasteiger partial charge in [-0.2, -0.15) is 13.9 Å². The highest BCUT2D eigenvalue weighted by atomic mass is 19.3.